The van der Waals surface area contributed by atoms with Gasteiger partial charge in [0.15, 0.2) is 5.82 Å². The fourth-order valence-electron chi connectivity index (χ4n) is 2.80. The van der Waals surface area contributed by atoms with Gasteiger partial charge in [-0.05, 0) is 32.9 Å². The molecule has 9 nitrogen and oxygen atoms in total. The van der Waals surface area contributed by atoms with Crippen LogP contribution in [0, 0.1) is 0 Å². The van der Waals surface area contributed by atoms with Crippen LogP contribution in [0.25, 0.3) is 5.52 Å². The molecule has 2 aromatic rings. The van der Waals surface area contributed by atoms with E-state index in [0.717, 1.165) is 0 Å². The molecule has 0 aromatic carbocycles. The number of anilines is 1. The third-order valence-electron chi connectivity index (χ3n) is 4.09. The molecule has 3 heterocycles. The monoisotopic (exact) mass is 373 g/mol. The molecule has 1 aliphatic rings. The van der Waals surface area contributed by atoms with E-state index in [-0.39, 0.29) is 18.4 Å². The molecule has 1 aliphatic heterocycles. The predicted molar refractivity (Wildman–Crippen MR) is 98.7 cm³/mol. The number of piperazine rings is 1. The average Bonchev–Trinajstić information content (AvgIpc) is 3.02. The molecular formula is C18H23N5O4. The molecule has 0 aliphatic carbocycles. The second-order valence-electron chi connectivity index (χ2n) is 7.31. The fourth-order valence-corrected chi connectivity index (χ4v) is 2.80. The number of amides is 3. The summed E-state index contributed by atoms with van der Waals surface area (Å²) < 4.78 is 6.93. The Bertz CT molecular complexity index is 899. The molecule has 27 heavy (non-hydrogen) atoms. The first-order valence-corrected chi connectivity index (χ1v) is 8.68. The van der Waals surface area contributed by atoms with Gasteiger partial charge in [0.2, 0.25) is 5.91 Å². The number of ether oxygens (including phenoxy) is 1. The number of nitrogens with one attached hydrogen (secondary N) is 1. The highest BCUT2D eigenvalue weighted by Crippen LogP contribution is 2.20. The van der Waals surface area contributed by atoms with Gasteiger partial charge in [-0.2, -0.15) is 0 Å². The number of hydrogen-bond acceptors (Lipinski definition) is 5. The molecule has 0 unspecified atom stereocenters. The fraction of sp³-hybridized carbons (Fsp3) is 0.444. The lowest BCUT2D eigenvalue weighted by Crippen LogP contribution is -2.53. The van der Waals surface area contributed by atoms with Crippen LogP contribution in [0.3, 0.4) is 0 Å². The second kappa shape index (κ2) is 6.90. The highest BCUT2D eigenvalue weighted by atomic mass is 16.6. The highest BCUT2D eigenvalue weighted by Gasteiger charge is 2.31. The molecule has 0 spiro atoms. The van der Waals surface area contributed by atoms with E-state index in [1.54, 1.807) is 56.7 Å². The Kier molecular flexibility index (Phi) is 4.77. The van der Waals surface area contributed by atoms with Crippen molar-refractivity contribution >= 4 is 29.2 Å². The third kappa shape index (κ3) is 4.02. The van der Waals surface area contributed by atoms with Crippen LogP contribution in [-0.4, -0.2) is 64.7 Å². The zero-order chi connectivity index (χ0) is 19.8. The standard InChI is InChI=1S/C18H23N5O4/c1-18(2,3)27-17(26)21-7-8-22(15(24)11-21)14-10-13-9-12(16(25)19-4)5-6-23(13)20-14/h5-6,9-10H,7-8,11H2,1-4H3,(H,19,25). The van der Waals surface area contributed by atoms with Gasteiger partial charge < -0.3 is 10.1 Å². The van der Waals surface area contributed by atoms with Crippen molar-refractivity contribution in [1.29, 1.82) is 0 Å². The first-order chi connectivity index (χ1) is 12.7. The molecule has 2 aromatic heterocycles. The van der Waals surface area contributed by atoms with Crippen LogP contribution in [0.4, 0.5) is 10.6 Å². The van der Waals surface area contributed by atoms with Crippen molar-refractivity contribution in [2.75, 3.05) is 31.6 Å². The van der Waals surface area contributed by atoms with Crippen LogP contribution >= 0.6 is 0 Å². The number of pyridine rings is 1. The highest BCUT2D eigenvalue weighted by molar-refractivity contribution is 5.98. The lowest BCUT2D eigenvalue weighted by atomic mass is 10.2. The van der Waals surface area contributed by atoms with Crippen LogP contribution in [-0.2, 0) is 9.53 Å². The summed E-state index contributed by atoms with van der Waals surface area (Å²) in [6.07, 6.45) is 1.17. The van der Waals surface area contributed by atoms with E-state index in [9.17, 15) is 14.4 Å². The molecule has 0 bridgehead atoms. The third-order valence-corrected chi connectivity index (χ3v) is 4.09. The number of hydrogen-bond donors (Lipinski definition) is 1. The van der Waals surface area contributed by atoms with E-state index in [1.165, 1.54) is 9.80 Å². The first kappa shape index (κ1) is 18.7. The molecule has 0 saturated carbocycles. The minimum atomic E-state index is -0.610. The van der Waals surface area contributed by atoms with Crippen LogP contribution in [0.1, 0.15) is 31.1 Å². The summed E-state index contributed by atoms with van der Waals surface area (Å²) in [7, 11) is 1.57. The Morgan fingerprint density at radius 1 is 1.22 bits per heavy atom. The molecule has 144 valence electrons. The maximum absolute atomic E-state index is 12.5. The molecule has 0 radical (unpaired) electrons. The van der Waals surface area contributed by atoms with Crippen molar-refractivity contribution in [2.45, 2.75) is 26.4 Å². The summed E-state index contributed by atoms with van der Waals surface area (Å²) in [5.74, 6) is 0.0576. The van der Waals surface area contributed by atoms with Gasteiger partial charge in [-0.1, -0.05) is 0 Å². The largest absolute Gasteiger partial charge is 0.444 e. The van der Waals surface area contributed by atoms with E-state index < -0.39 is 11.7 Å². The average molecular weight is 373 g/mol. The Morgan fingerprint density at radius 2 is 1.96 bits per heavy atom. The quantitative estimate of drug-likeness (QED) is 0.855. The molecule has 3 amide bonds. The van der Waals surface area contributed by atoms with Gasteiger partial charge in [-0.15, -0.1) is 5.10 Å². The second-order valence-corrected chi connectivity index (χ2v) is 7.31. The molecule has 0 atom stereocenters. The Balaban J connectivity index is 1.75. The summed E-state index contributed by atoms with van der Waals surface area (Å²) in [5.41, 5.74) is 0.604. The number of nitrogens with zero attached hydrogens (tertiary/aromatic N) is 4. The van der Waals surface area contributed by atoms with E-state index in [2.05, 4.69) is 10.4 Å². The lowest BCUT2D eigenvalue weighted by Gasteiger charge is -2.34. The van der Waals surface area contributed by atoms with Crippen molar-refractivity contribution in [3.05, 3.63) is 30.0 Å². The summed E-state index contributed by atoms with van der Waals surface area (Å²) in [6, 6.07) is 5.11. The van der Waals surface area contributed by atoms with Gasteiger partial charge in [-0.3, -0.25) is 19.4 Å². The molecule has 1 N–H and O–H groups in total. The number of carbonyl (C=O) groups is 3. The Hall–Kier alpha value is -3.10. The molecule has 1 saturated heterocycles. The van der Waals surface area contributed by atoms with E-state index >= 15 is 0 Å². The number of carbonyl (C=O) groups excluding carboxylic acids is 3. The normalized spacial score (nSPS) is 15.2. The van der Waals surface area contributed by atoms with E-state index in [4.69, 9.17) is 4.74 Å². The maximum atomic E-state index is 12.5. The number of fused-ring (bicyclic) bond motifs is 1. The van der Waals surface area contributed by atoms with Crippen LogP contribution in [0.5, 0.6) is 0 Å². The number of aromatic nitrogens is 2. The lowest BCUT2D eigenvalue weighted by molar-refractivity contribution is -0.121. The predicted octanol–water partition coefficient (Wildman–Crippen LogP) is 1.28. The maximum Gasteiger partial charge on any atom is 0.410 e. The van der Waals surface area contributed by atoms with Crippen LogP contribution < -0.4 is 10.2 Å². The van der Waals surface area contributed by atoms with Crippen LogP contribution in [0.2, 0.25) is 0 Å². The van der Waals surface area contributed by atoms with Crippen molar-refractivity contribution in [3.63, 3.8) is 0 Å². The Morgan fingerprint density at radius 3 is 2.59 bits per heavy atom. The zero-order valence-electron chi connectivity index (χ0n) is 15.9. The van der Waals surface area contributed by atoms with Crippen molar-refractivity contribution < 1.29 is 19.1 Å². The molecular weight excluding hydrogens is 350 g/mol. The van der Waals surface area contributed by atoms with E-state index in [0.29, 0.717) is 30.0 Å². The van der Waals surface area contributed by atoms with Gasteiger partial charge in [0, 0.05) is 38.0 Å². The van der Waals surface area contributed by atoms with Crippen LogP contribution in [0.15, 0.2) is 24.4 Å². The van der Waals surface area contributed by atoms with Gasteiger partial charge in [0.25, 0.3) is 5.91 Å². The van der Waals surface area contributed by atoms with Crippen molar-refractivity contribution in [2.24, 2.45) is 0 Å². The summed E-state index contributed by atoms with van der Waals surface area (Å²) in [4.78, 5) is 39.4. The van der Waals surface area contributed by atoms with Gasteiger partial charge in [-0.25, -0.2) is 9.31 Å². The minimum absolute atomic E-state index is 0.0632. The van der Waals surface area contributed by atoms with Crippen molar-refractivity contribution in [3.8, 4) is 0 Å². The van der Waals surface area contributed by atoms with Crippen molar-refractivity contribution in [1.82, 2.24) is 19.8 Å². The van der Waals surface area contributed by atoms with Gasteiger partial charge in [0.05, 0.1) is 5.52 Å². The van der Waals surface area contributed by atoms with E-state index in [1.807, 2.05) is 0 Å². The molecule has 1 fully saturated rings. The summed E-state index contributed by atoms with van der Waals surface area (Å²) in [5, 5.41) is 6.97. The SMILES string of the molecule is CNC(=O)c1ccn2nc(N3CCN(C(=O)OC(C)(C)C)CC3=O)cc2c1. The molecule has 9 heteroatoms. The number of rotatable bonds is 2. The smallest absolute Gasteiger partial charge is 0.410 e. The summed E-state index contributed by atoms with van der Waals surface area (Å²) in [6.45, 7) is 5.97. The van der Waals surface area contributed by atoms with Gasteiger partial charge in [0.1, 0.15) is 12.1 Å². The Labute approximate surface area is 156 Å². The topological polar surface area (TPSA) is 96.3 Å². The molecule has 3 rings (SSSR count). The van der Waals surface area contributed by atoms with Gasteiger partial charge >= 0.3 is 6.09 Å². The zero-order valence-corrected chi connectivity index (χ0v) is 15.9. The summed E-state index contributed by atoms with van der Waals surface area (Å²) >= 11 is 0. The minimum Gasteiger partial charge on any atom is -0.444 e. The first-order valence-electron chi connectivity index (χ1n) is 8.68.